The second-order valence-corrected chi connectivity index (χ2v) is 8.15. The number of piperazine rings is 1. The number of hydrogen-bond acceptors (Lipinski definition) is 5. The zero-order valence-electron chi connectivity index (χ0n) is 17.5. The van der Waals surface area contributed by atoms with Gasteiger partial charge in [-0.3, -0.25) is 14.5 Å². The second-order valence-electron chi connectivity index (χ2n) is 7.71. The quantitative estimate of drug-likeness (QED) is 0.556. The third kappa shape index (κ3) is 5.28. The largest absolute Gasteiger partial charge is 0.508 e. The van der Waals surface area contributed by atoms with Gasteiger partial charge >= 0.3 is 0 Å². The fraction of sp³-hybridized carbons (Fsp3) is 0.200. The van der Waals surface area contributed by atoms with E-state index in [9.17, 15) is 14.7 Å². The molecule has 4 rings (SSSR count). The highest BCUT2D eigenvalue weighted by Crippen LogP contribution is 2.24. The number of nitrogens with one attached hydrogen (secondary N) is 1. The van der Waals surface area contributed by atoms with Crippen LogP contribution in [0, 0.1) is 0 Å². The molecular weight excluding hydrogens is 426 g/mol. The molecule has 0 radical (unpaired) electrons. The van der Waals surface area contributed by atoms with Gasteiger partial charge in [-0.1, -0.05) is 41.9 Å². The summed E-state index contributed by atoms with van der Waals surface area (Å²) in [5.74, 6) is -0.116. The average Bonchev–Trinajstić information content (AvgIpc) is 2.81. The Hall–Kier alpha value is -3.35. The number of phenols is 1. The molecule has 2 N–H and O–H groups in total. The predicted octanol–water partition coefficient (Wildman–Crippen LogP) is 4.04. The minimum absolute atomic E-state index is 0.174. The number of ketones is 1. The molecule has 0 saturated carbocycles. The normalized spacial score (nSPS) is 14.2. The Labute approximate surface area is 192 Å². The van der Waals surface area contributed by atoms with E-state index in [4.69, 9.17) is 11.6 Å². The number of halogens is 1. The maximum absolute atomic E-state index is 12.9. The molecule has 3 aromatic rings. The van der Waals surface area contributed by atoms with Gasteiger partial charge < -0.3 is 15.3 Å². The molecule has 0 atom stereocenters. The lowest BCUT2D eigenvalue weighted by molar-refractivity contribution is -0.117. The van der Waals surface area contributed by atoms with E-state index in [0.717, 1.165) is 31.9 Å². The van der Waals surface area contributed by atoms with Gasteiger partial charge in [0.15, 0.2) is 5.78 Å². The van der Waals surface area contributed by atoms with Crippen molar-refractivity contribution in [1.29, 1.82) is 0 Å². The number of aromatic hydroxyl groups is 1. The summed E-state index contributed by atoms with van der Waals surface area (Å²) in [6.07, 6.45) is 0. The van der Waals surface area contributed by atoms with Crippen molar-refractivity contribution in [3.05, 3.63) is 88.9 Å². The van der Waals surface area contributed by atoms with Crippen molar-refractivity contribution in [2.75, 3.05) is 42.9 Å². The molecule has 1 saturated heterocycles. The van der Waals surface area contributed by atoms with Crippen LogP contribution in [0.1, 0.15) is 15.9 Å². The Morgan fingerprint density at radius 3 is 2.28 bits per heavy atom. The summed E-state index contributed by atoms with van der Waals surface area (Å²) < 4.78 is 0. The highest BCUT2D eigenvalue weighted by atomic mass is 35.5. The molecule has 1 heterocycles. The number of phenolic OH excluding ortho intramolecular Hbond substituents is 1. The molecule has 0 unspecified atom stereocenters. The summed E-state index contributed by atoms with van der Waals surface area (Å²) in [5, 5.41) is 12.8. The first kappa shape index (κ1) is 21.9. The Kier molecular flexibility index (Phi) is 6.73. The molecule has 0 spiro atoms. The standard InChI is InChI=1S/C25H24ClN3O3/c26-19-6-11-23(22(16-19)25(32)18-4-2-1-3-5-18)27-24(31)17-28-12-14-29(15-13-28)20-7-9-21(30)10-8-20/h1-11,16,30H,12-15,17H2,(H,27,31). The highest BCUT2D eigenvalue weighted by molar-refractivity contribution is 6.31. The summed E-state index contributed by atoms with van der Waals surface area (Å²) in [6, 6.07) is 21.0. The van der Waals surface area contributed by atoms with Crippen molar-refractivity contribution >= 4 is 34.7 Å². The Bertz CT molecular complexity index is 1100. The lowest BCUT2D eigenvalue weighted by atomic mass is 10.0. The number of carbonyl (C=O) groups is 2. The molecule has 7 heteroatoms. The summed E-state index contributed by atoms with van der Waals surface area (Å²) in [5.41, 5.74) is 2.41. The second kappa shape index (κ2) is 9.85. The SMILES string of the molecule is O=C(CN1CCN(c2ccc(O)cc2)CC1)Nc1ccc(Cl)cc1C(=O)c1ccccc1. The molecular formula is C25H24ClN3O3. The molecule has 1 fully saturated rings. The van der Waals surface area contributed by atoms with Gasteiger partial charge in [0.05, 0.1) is 12.2 Å². The number of rotatable bonds is 6. The first-order valence-corrected chi connectivity index (χ1v) is 10.8. The van der Waals surface area contributed by atoms with Crippen molar-refractivity contribution in [3.63, 3.8) is 0 Å². The van der Waals surface area contributed by atoms with Crippen LogP contribution in [0.15, 0.2) is 72.8 Å². The fourth-order valence-electron chi connectivity index (χ4n) is 3.78. The molecule has 3 aromatic carbocycles. The van der Waals surface area contributed by atoms with E-state index in [1.54, 1.807) is 54.6 Å². The molecule has 0 aliphatic carbocycles. The van der Waals surface area contributed by atoms with Crippen LogP contribution in [-0.2, 0) is 4.79 Å². The first-order valence-electron chi connectivity index (χ1n) is 10.4. The van der Waals surface area contributed by atoms with Crippen LogP contribution in [0.3, 0.4) is 0 Å². The van der Waals surface area contributed by atoms with Crippen LogP contribution in [0.5, 0.6) is 5.75 Å². The van der Waals surface area contributed by atoms with Gasteiger partial charge in [0.25, 0.3) is 0 Å². The molecule has 1 aliphatic heterocycles. The van der Waals surface area contributed by atoms with Crippen LogP contribution >= 0.6 is 11.6 Å². The van der Waals surface area contributed by atoms with E-state index < -0.39 is 0 Å². The van der Waals surface area contributed by atoms with Crippen LogP contribution < -0.4 is 10.2 Å². The monoisotopic (exact) mass is 449 g/mol. The van der Waals surface area contributed by atoms with Gasteiger partial charge in [0, 0.05) is 48.0 Å². The van der Waals surface area contributed by atoms with Crippen molar-refractivity contribution in [1.82, 2.24) is 4.90 Å². The fourth-order valence-corrected chi connectivity index (χ4v) is 3.95. The molecule has 1 aliphatic rings. The number of anilines is 2. The zero-order valence-corrected chi connectivity index (χ0v) is 18.3. The first-order chi connectivity index (χ1) is 15.5. The molecule has 1 amide bonds. The topological polar surface area (TPSA) is 72.9 Å². The van der Waals surface area contributed by atoms with E-state index in [0.29, 0.717) is 21.8 Å². The zero-order chi connectivity index (χ0) is 22.5. The third-order valence-corrected chi connectivity index (χ3v) is 5.73. The van der Waals surface area contributed by atoms with Crippen molar-refractivity contribution < 1.29 is 14.7 Å². The number of amides is 1. The Morgan fingerprint density at radius 2 is 1.59 bits per heavy atom. The van der Waals surface area contributed by atoms with Gasteiger partial charge in [-0.2, -0.15) is 0 Å². The molecule has 6 nitrogen and oxygen atoms in total. The summed E-state index contributed by atoms with van der Waals surface area (Å²) >= 11 is 6.12. The van der Waals surface area contributed by atoms with Crippen LogP contribution in [0.25, 0.3) is 0 Å². The van der Waals surface area contributed by atoms with E-state index >= 15 is 0 Å². The van der Waals surface area contributed by atoms with Gasteiger partial charge in [-0.15, -0.1) is 0 Å². The lowest BCUT2D eigenvalue weighted by Crippen LogP contribution is -2.48. The summed E-state index contributed by atoms with van der Waals surface area (Å²) in [4.78, 5) is 30.0. The molecule has 32 heavy (non-hydrogen) atoms. The number of carbonyl (C=O) groups excluding carboxylic acids is 2. The number of nitrogens with zero attached hydrogens (tertiary/aromatic N) is 2. The number of hydrogen-bond donors (Lipinski definition) is 2. The van der Waals surface area contributed by atoms with Gasteiger partial charge in [-0.05, 0) is 42.5 Å². The Morgan fingerprint density at radius 1 is 0.906 bits per heavy atom. The Balaban J connectivity index is 1.37. The maximum Gasteiger partial charge on any atom is 0.238 e. The van der Waals surface area contributed by atoms with E-state index in [-0.39, 0.29) is 24.0 Å². The minimum atomic E-state index is -0.189. The highest BCUT2D eigenvalue weighted by Gasteiger charge is 2.21. The van der Waals surface area contributed by atoms with Crippen molar-refractivity contribution in [2.45, 2.75) is 0 Å². The van der Waals surface area contributed by atoms with Crippen molar-refractivity contribution in [3.8, 4) is 5.75 Å². The van der Waals surface area contributed by atoms with Crippen molar-refractivity contribution in [2.24, 2.45) is 0 Å². The molecule has 0 aromatic heterocycles. The summed E-state index contributed by atoms with van der Waals surface area (Å²) in [7, 11) is 0. The summed E-state index contributed by atoms with van der Waals surface area (Å²) in [6.45, 7) is 3.30. The van der Waals surface area contributed by atoms with Crippen LogP contribution in [0.2, 0.25) is 5.02 Å². The van der Waals surface area contributed by atoms with E-state index in [1.807, 2.05) is 18.2 Å². The minimum Gasteiger partial charge on any atom is -0.508 e. The lowest BCUT2D eigenvalue weighted by Gasteiger charge is -2.35. The van der Waals surface area contributed by atoms with Gasteiger partial charge in [0.1, 0.15) is 5.75 Å². The molecule has 164 valence electrons. The third-order valence-electron chi connectivity index (χ3n) is 5.49. The van der Waals surface area contributed by atoms with Gasteiger partial charge in [-0.25, -0.2) is 0 Å². The van der Waals surface area contributed by atoms with Crippen LogP contribution in [-0.4, -0.2) is 54.4 Å². The maximum atomic E-state index is 12.9. The number of benzene rings is 3. The molecule has 0 bridgehead atoms. The van der Waals surface area contributed by atoms with Gasteiger partial charge in [0.2, 0.25) is 5.91 Å². The van der Waals surface area contributed by atoms with E-state index in [1.165, 1.54) is 0 Å². The van der Waals surface area contributed by atoms with Crippen LogP contribution in [0.4, 0.5) is 11.4 Å². The van der Waals surface area contributed by atoms with E-state index in [2.05, 4.69) is 15.1 Å². The predicted molar refractivity (Wildman–Crippen MR) is 127 cm³/mol. The smallest absolute Gasteiger partial charge is 0.238 e. The average molecular weight is 450 g/mol.